The van der Waals surface area contributed by atoms with Gasteiger partial charge in [-0.25, -0.2) is 4.39 Å². The van der Waals surface area contributed by atoms with Gasteiger partial charge in [-0.3, -0.25) is 0 Å². The van der Waals surface area contributed by atoms with Gasteiger partial charge in [-0.1, -0.05) is 11.8 Å². The number of rotatable bonds is 5. The van der Waals surface area contributed by atoms with Crippen molar-refractivity contribution in [2.24, 2.45) is 0 Å². The number of aliphatic hydroxyl groups excluding tert-OH is 1. The highest BCUT2D eigenvalue weighted by molar-refractivity contribution is 5.46. The molecule has 3 nitrogen and oxygen atoms in total. The molecule has 20 heavy (non-hydrogen) atoms. The van der Waals surface area contributed by atoms with Crippen molar-refractivity contribution in [3.8, 4) is 17.6 Å². The average molecular weight is 278 g/mol. The quantitative estimate of drug-likeness (QED) is 0.664. The summed E-state index contributed by atoms with van der Waals surface area (Å²) in [6.45, 7) is 1.17. The lowest BCUT2D eigenvalue weighted by Crippen LogP contribution is -2.08. The van der Waals surface area contributed by atoms with E-state index in [1.807, 2.05) is 0 Å². The Bertz CT molecular complexity index is 484. The lowest BCUT2D eigenvalue weighted by molar-refractivity contribution is 0.0981. The SMILES string of the molecule is OCC#Cc1cc(F)ccc1OCCCC1CCCO1. The highest BCUT2D eigenvalue weighted by Gasteiger charge is 2.14. The summed E-state index contributed by atoms with van der Waals surface area (Å²) in [4.78, 5) is 0. The van der Waals surface area contributed by atoms with Crippen LogP contribution in [0.2, 0.25) is 0 Å². The van der Waals surface area contributed by atoms with Crippen LogP contribution in [-0.2, 0) is 4.74 Å². The summed E-state index contributed by atoms with van der Waals surface area (Å²) >= 11 is 0. The zero-order valence-electron chi connectivity index (χ0n) is 11.4. The van der Waals surface area contributed by atoms with Crippen molar-refractivity contribution >= 4 is 0 Å². The molecule has 1 heterocycles. The second-order valence-corrected chi connectivity index (χ2v) is 4.73. The maximum Gasteiger partial charge on any atom is 0.135 e. The Morgan fingerprint density at radius 3 is 3.10 bits per heavy atom. The van der Waals surface area contributed by atoms with Crippen LogP contribution in [0.1, 0.15) is 31.2 Å². The summed E-state index contributed by atoms with van der Waals surface area (Å²) in [7, 11) is 0. The molecule has 0 aromatic heterocycles. The van der Waals surface area contributed by atoms with E-state index in [1.54, 1.807) is 6.07 Å². The van der Waals surface area contributed by atoms with Crippen LogP contribution in [0, 0.1) is 17.7 Å². The van der Waals surface area contributed by atoms with Crippen LogP contribution in [0.15, 0.2) is 18.2 Å². The molecule has 108 valence electrons. The average Bonchev–Trinajstić information content (AvgIpc) is 2.96. The first-order valence-corrected chi connectivity index (χ1v) is 6.93. The van der Waals surface area contributed by atoms with Crippen molar-refractivity contribution in [3.05, 3.63) is 29.6 Å². The molecule has 2 rings (SSSR count). The second-order valence-electron chi connectivity index (χ2n) is 4.73. The largest absolute Gasteiger partial charge is 0.492 e. The van der Waals surface area contributed by atoms with Gasteiger partial charge in [0, 0.05) is 6.61 Å². The highest BCUT2D eigenvalue weighted by atomic mass is 19.1. The first-order chi connectivity index (χ1) is 9.79. The van der Waals surface area contributed by atoms with Crippen LogP contribution < -0.4 is 4.74 Å². The van der Waals surface area contributed by atoms with Crippen LogP contribution in [0.5, 0.6) is 5.75 Å². The second kappa shape index (κ2) is 7.88. The van der Waals surface area contributed by atoms with E-state index in [4.69, 9.17) is 14.6 Å². The lowest BCUT2D eigenvalue weighted by Gasteiger charge is -2.11. The van der Waals surface area contributed by atoms with Crippen molar-refractivity contribution in [3.63, 3.8) is 0 Å². The molecule has 1 saturated heterocycles. The monoisotopic (exact) mass is 278 g/mol. The molecule has 0 spiro atoms. The van der Waals surface area contributed by atoms with E-state index in [9.17, 15) is 4.39 Å². The molecule has 0 radical (unpaired) electrons. The Morgan fingerprint density at radius 1 is 1.45 bits per heavy atom. The molecule has 0 saturated carbocycles. The van der Waals surface area contributed by atoms with Gasteiger partial charge in [0.1, 0.15) is 18.2 Å². The third-order valence-corrected chi connectivity index (χ3v) is 3.20. The predicted octanol–water partition coefficient (Wildman–Crippen LogP) is 2.51. The van der Waals surface area contributed by atoms with E-state index in [0.717, 1.165) is 32.3 Å². The molecule has 1 aromatic carbocycles. The van der Waals surface area contributed by atoms with E-state index < -0.39 is 0 Å². The number of ether oxygens (including phenoxy) is 2. The van der Waals surface area contributed by atoms with Crippen LogP contribution in [0.4, 0.5) is 4.39 Å². The maximum absolute atomic E-state index is 13.2. The van der Waals surface area contributed by atoms with Crippen LogP contribution in [0.25, 0.3) is 0 Å². The van der Waals surface area contributed by atoms with Gasteiger partial charge in [-0.05, 0) is 43.9 Å². The summed E-state index contributed by atoms with van der Waals surface area (Å²) in [5, 5.41) is 8.70. The summed E-state index contributed by atoms with van der Waals surface area (Å²) < 4.78 is 24.4. The fraction of sp³-hybridized carbons (Fsp3) is 0.500. The molecule has 1 fully saturated rings. The fourth-order valence-corrected chi connectivity index (χ4v) is 2.23. The lowest BCUT2D eigenvalue weighted by atomic mass is 10.1. The van der Waals surface area contributed by atoms with Gasteiger partial charge in [0.05, 0.1) is 18.3 Å². The summed E-state index contributed by atoms with van der Waals surface area (Å²) in [6, 6.07) is 4.24. The third-order valence-electron chi connectivity index (χ3n) is 3.20. The topological polar surface area (TPSA) is 38.7 Å². The Kier molecular flexibility index (Phi) is 5.85. The van der Waals surface area contributed by atoms with E-state index in [-0.39, 0.29) is 12.4 Å². The standard InChI is InChI=1S/C16H19FO3/c17-14-7-8-16(13(12-14)4-1-9-18)20-11-3-6-15-5-2-10-19-15/h7-8,12,15,18H,2-3,5-6,9-11H2. The van der Waals surface area contributed by atoms with Crippen molar-refractivity contribution in [1.82, 2.24) is 0 Å². The van der Waals surface area contributed by atoms with Gasteiger partial charge >= 0.3 is 0 Å². The number of hydrogen-bond donors (Lipinski definition) is 1. The van der Waals surface area contributed by atoms with Crippen LogP contribution >= 0.6 is 0 Å². The molecule has 0 bridgehead atoms. The minimum atomic E-state index is -0.362. The number of hydrogen-bond acceptors (Lipinski definition) is 3. The van der Waals surface area contributed by atoms with E-state index in [1.165, 1.54) is 12.1 Å². The fourth-order valence-electron chi connectivity index (χ4n) is 2.23. The highest BCUT2D eigenvalue weighted by Crippen LogP contribution is 2.20. The van der Waals surface area contributed by atoms with E-state index >= 15 is 0 Å². The minimum Gasteiger partial charge on any atom is -0.492 e. The zero-order chi connectivity index (χ0) is 14.2. The molecular weight excluding hydrogens is 259 g/mol. The minimum absolute atomic E-state index is 0.255. The van der Waals surface area contributed by atoms with Crippen molar-refractivity contribution in [2.45, 2.75) is 31.8 Å². The Balaban J connectivity index is 1.84. The first-order valence-electron chi connectivity index (χ1n) is 6.93. The van der Waals surface area contributed by atoms with Crippen LogP contribution in [0.3, 0.4) is 0 Å². The van der Waals surface area contributed by atoms with Crippen molar-refractivity contribution in [1.29, 1.82) is 0 Å². The summed E-state index contributed by atoms with van der Waals surface area (Å²) in [5.74, 6) is 5.40. The molecule has 1 aromatic rings. The molecule has 0 aliphatic carbocycles. The predicted molar refractivity (Wildman–Crippen MR) is 74.1 cm³/mol. The molecule has 1 aliphatic rings. The molecule has 1 unspecified atom stereocenters. The van der Waals surface area contributed by atoms with Gasteiger partial charge < -0.3 is 14.6 Å². The third kappa shape index (κ3) is 4.52. The normalized spacial score (nSPS) is 17.6. The van der Waals surface area contributed by atoms with Gasteiger partial charge in [0.15, 0.2) is 0 Å². The van der Waals surface area contributed by atoms with Crippen molar-refractivity contribution in [2.75, 3.05) is 19.8 Å². The Labute approximate surface area is 118 Å². The molecule has 4 heteroatoms. The summed E-state index contributed by atoms with van der Waals surface area (Å²) in [6.07, 6.45) is 4.52. The van der Waals surface area contributed by atoms with Gasteiger partial charge in [0.2, 0.25) is 0 Å². The Hall–Kier alpha value is -1.57. The smallest absolute Gasteiger partial charge is 0.135 e. The number of aliphatic hydroxyl groups is 1. The Morgan fingerprint density at radius 2 is 2.35 bits per heavy atom. The first kappa shape index (κ1) is 14.8. The number of benzene rings is 1. The van der Waals surface area contributed by atoms with Gasteiger partial charge in [-0.15, -0.1) is 0 Å². The maximum atomic E-state index is 13.2. The van der Waals surface area contributed by atoms with Crippen LogP contribution in [-0.4, -0.2) is 31.0 Å². The number of halogens is 1. The molecular formula is C16H19FO3. The van der Waals surface area contributed by atoms with Gasteiger partial charge in [-0.2, -0.15) is 0 Å². The molecule has 1 N–H and O–H groups in total. The molecule has 1 atom stereocenters. The van der Waals surface area contributed by atoms with E-state index in [0.29, 0.717) is 24.0 Å². The molecule has 0 amide bonds. The zero-order valence-corrected chi connectivity index (χ0v) is 11.4. The van der Waals surface area contributed by atoms with Crippen molar-refractivity contribution < 1.29 is 19.0 Å². The molecule has 1 aliphatic heterocycles. The van der Waals surface area contributed by atoms with Gasteiger partial charge in [0.25, 0.3) is 0 Å². The summed E-state index contributed by atoms with van der Waals surface area (Å²) in [5.41, 5.74) is 0.469. The van der Waals surface area contributed by atoms with E-state index in [2.05, 4.69) is 11.8 Å².